The molecule has 0 aliphatic heterocycles. The van der Waals surface area contributed by atoms with Gasteiger partial charge in [0.05, 0.1) is 5.38 Å². The third-order valence-corrected chi connectivity index (χ3v) is 3.70. The Labute approximate surface area is 117 Å². The molecule has 2 aromatic carbocycles. The van der Waals surface area contributed by atoms with Gasteiger partial charge in [-0.3, -0.25) is 0 Å². The second-order valence-electron chi connectivity index (χ2n) is 4.85. The minimum atomic E-state index is -0.870. The van der Waals surface area contributed by atoms with Crippen LogP contribution in [0.15, 0.2) is 30.3 Å². The van der Waals surface area contributed by atoms with Gasteiger partial charge in [0.25, 0.3) is 0 Å². The Balaban J connectivity index is 2.49. The zero-order chi connectivity index (χ0) is 14.2. The summed E-state index contributed by atoms with van der Waals surface area (Å²) in [6.45, 7) is 5.97. The predicted molar refractivity (Wildman–Crippen MR) is 74.7 cm³/mol. The molecule has 0 bridgehead atoms. The zero-order valence-corrected chi connectivity index (χ0v) is 11.9. The van der Waals surface area contributed by atoms with E-state index >= 15 is 0 Å². The molecule has 2 rings (SSSR count). The summed E-state index contributed by atoms with van der Waals surface area (Å²) in [7, 11) is 0. The molecule has 0 saturated heterocycles. The molecule has 0 aliphatic carbocycles. The first-order chi connectivity index (χ1) is 8.90. The van der Waals surface area contributed by atoms with Gasteiger partial charge in [-0.1, -0.05) is 23.8 Å². The van der Waals surface area contributed by atoms with Crippen LogP contribution in [0.5, 0.6) is 0 Å². The highest BCUT2D eigenvalue weighted by atomic mass is 35.5. The van der Waals surface area contributed by atoms with Crippen LogP contribution in [0.4, 0.5) is 8.78 Å². The van der Waals surface area contributed by atoms with Crippen molar-refractivity contribution in [2.45, 2.75) is 26.1 Å². The van der Waals surface area contributed by atoms with Crippen molar-refractivity contribution in [3.63, 3.8) is 0 Å². The van der Waals surface area contributed by atoms with E-state index in [-0.39, 0.29) is 0 Å². The van der Waals surface area contributed by atoms with Crippen molar-refractivity contribution in [2.24, 2.45) is 0 Å². The maximum Gasteiger partial charge on any atom is 0.159 e. The van der Waals surface area contributed by atoms with E-state index in [1.54, 1.807) is 0 Å². The fourth-order valence-electron chi connectivity index (χ4n) is 2.43. The fraction of sp³-hybridized carbons (Fsp3) is 0.250. The largest absolute Gasteiger partial charge is 0.204 e. The van der Waals surface area contributed by atoms with E-state index in [0.29, 0.717) is 5.56 Å². The lowest BCUT2D eigenvalue weighted by atomic mass is 9.94. The van der Waals surface area contributed by atoms with E-state index in [1.807, 2.05) is 32.9 Å². The SMILES string of the molecule is Cc1cc(C)c(C(Cl)c2ccc(F)c(F)c2)c(C)c1. The molecule has 2 aromatic rings. The molecule has 0 saturated carbocycles. The molecule has 0 aromatic heterocycles. The van der Waals surface area contributed by atoms with Gasteiger partial charge in [-0.15, -0.1) is 11.6 Å². The van der Waals surface area contributed by atoms with Gasteiger partial charge in [0.15, 0.2) is 11.6 Å². The normalized spacial score (nSPS) is 12.5. The van der Waals surface area contributed by atoms with Crippen LogP contribution in [0.3, 0.4) is 0 Å². The van der Waals surface area contributed by atoms with Crippen molar-refractivity contribution in [3.05, 3.63) is 69.8 Å². The first kappa shape index (κ1) is 14.0. The Morgan fingerprint density at radius 1 is 0.895 bits per heavy atom. The van der Waals surface area contributed by atoms with Gasteiger partial charge >= 0.3 is 0 Å². The monoisotopic (exact) mass is 280 g/mol. The Hall–Kier alpha value is -1.41. The van der Waals surface area contributed by atoms with Crippen molar-refractivity contribution in [1.82, 2.24) is 0 Å². The molecule has 3 heteroatoms. The van der Waals surface area contributed by atoms with Crippen LogP contribution in [0, 0.1) is 32.4 Å². The van der Waals surface area contributed by atoms with Crippen molar-refractivity contribution in [2.75, 3.05) is 0 Å². The molecule has 0 spiro atoms. The smallest absolute Gasteiger partial charge is 0.159 e. The lowest BCUT2D eigenvalue weighted by Crippen LogP contribution is -2.01. The van der Waals surface area contributed by atoms with Crippen LogP contribution in [0.1, 0.15) is 33.2 Å². The summed E-state index contributed by atoms with van der Waals surface area (Å²) in [6, 6.07) is 7.87. The minimum Gasteiger partial charge on any atom is -0.204 e. The second kappa shape index (κ2) is 5.30. The van der Waals surface area contributed by atoms with Crippen LogP contribution in [-0.2, 0) is 0 Å². The molecule has 0 amide bonds. The van der Waals surface area contributed by atoms with Crippen LogP contribution < -0.4 is 0 Å². The van der Waals surface area contributed by atoms with Gasteiger partial charge in [0, 0.05) is 0 Å². The van der Waals surface area contributed by atoms with E-state index in [2.05, 4.69) is 0 Å². The van der Waals surface area contributed by atoms with Crippen LogP contribution >= 0.6 is 11.6 Å². The number of aryl methyl sites for hydroxylation is 3. The van der Waals surface area contributed by atoms with E-state index in [1.165, 1.54) is 6.07 Å². The van der Waals surface area contributed by atoms with E-state index in [0.717, 1.165) is 34.4 Å². The van der Waals surface area contributed by atoms with Crippen molar-refractivity contribution >= 4 is 11.6 Å². The quantitative estimate of drug-likeness (QED) is 0.662. The number of halogens is 3. The molecule has 0 fully saturated rings. The topological polar surface area (TPSA) is 0 Å². The molecular formula is C16H15ClF2. The Kier molecular flexibility index (Phi) is 3.91. The highest BCUT2D eigenvalue weighted by molar-refractivity contribution is 6.22. The lowest BCUT2D eigenvalue weighted by molar-refractivity contribution is 0.507. The van der Waals surface area contributed by atoms with Crippen molar-refractivity contribution in [1.29, 1.82) is 0 Å². The summed E-state index contributed by atoms with van der Waals surface area (Å²) in [5, 5.41) is -0.476. The highest BCUT2D eigenvalue weighted by Crippen LogP contribution is 2.34. The van der Waals surface area contributed by atoms with E-state index < -0.39 is 17.0 Å². The second-order valence-corrected chi connectivity index (χ2v) is 5.28. The molecule has 0 heterocycles. The van der Waals surface area contributed by atoms with Gasteiger partial charge in [-0.25, -0.2) is 8.78 Å². The maximum atomic E-state index is 13.3. The third-order valence-electron chi connectivity index (χ3n) is 3.23. The summed E-state index contributed by atoms with van der Waals surface area (Å²) in [5.41, 5.74) is 4.80. The average Bonchev–Trinajstić information content (AvgIpc) is 2.31. The molecule has 0 nitrogen and oxygen atoms in total. The molecule has 0 N–H and O–H groups in total. The summed E-state index contributed by atoms with van der Waals surface area (Å²) in [4.78, 5) is 0. The predicted octanol–water partition coefficient (Wildman–Crippen LogP) is 5.22. The van der Waals surface area contributed by atoms with Crippen molar-refractivity contribution < 1.29 is 8.78 Å². The minimum absolute atomic E-state index is 0.476. The number of hydrogen-bond donors (Lipinski definition) is 0. The maximum absolute atomic E-state index is 13.3. The standard InChI is InChI=1S/C16H15ClF2/c1-9-6-10(2)15(11(3)7-9)16(17)12-4-5-13(18)14(19)8-12/h4-8,16H,1-3H3. The lowest BCUT2D eigenvalue weighted by Gasteiger charge is -2.17. The van der Waals surface area contributed by atoms with Gasteiger partial charge in [0.2, 0.25) is 0 Å². The molecule has 0 radical (unpaired) electrons. The van der Waals surface area contributed by atoms with E-state index in [4.69, 9.17) is 11.6 Å². The van der Waals surface area contributed by atoms with E-state index in [9.17, 15) is 8.78 Å². The molecule has 100 valence electrons. The van der Waals surface area contributed by atoms with Gasteiger partial charge < -0.3 is 0 Å². The Bertz CT molecular complexity index is 597. The first-order valence-electron chi connectivity index (χ1n) is 6.07. The molecule has 0 aliphatic rings. The summed E-state index contributed by atoms with van der Waals surface area (Å²) in [5.74, 6) is -1.73. The Morgan fingerprint density at radius 3 is 2.00 bits per heavy atom. The molecule has 1 unspecified atom stereocenters. The van der Waals surface area contributed by atoms with Gasteiger partial charge in [-0.05, 0) is 55.2 Å². The molecular weight excluding hydrogens is 266 g/mol. The molecule has 19 heavy (non-hydrogen) atoms. The van der Waals surface area contributed by atoms with Crippen molar-refractivity contribution in [3.8, 4) is 0 Å². The fourth-order valence-corrected chi connectivity index (χ4v) is 2.91. The average molecular weight is 281 g/mol. The number of alkyl halides is 1. The van der Waals surface area contributed by atoms with Crippen LogP contribution in [-0.4, -0.2) is 0 Å². The summed E-state index contributed by atoms with van der Waals surface area (Å²) < 4.78 is 26.2. The summed E-state index contributed by atoms with van der Waals surface area (Å²) >= 11 is 6.43. The third kappa shape index (κ3) is 2.79. The highest BCUT2D eigenvalue weighted by Gasteiger charge is 2.17. The van der Waals surface area contributed by atoms with Gasteiger partial charge in [-0.2, -0.15) is 0 Å². The first-order valence-corrected chi connectivity index (χ1v) is 6.50. The zero-order valence-electron chi connectivity index (χ0n) is 11.1. The number of hydrogen-bond acceptors (Lipinski definition) is 0. The summed E-state index contributed by atoms with van der Waals surface area (Å²) in [6.07, 6.45) is 0. The Morgan fingerprint density at radius 2 is 1.47 bits per heavy atom. The van der Waals surface area contributed by atoms with Crippen LogP contribution in [0.25, 0.3) is 0 Å². The number of rotatable bonds is 2. The van der Waals surface area contributed by atoms with Crippen LogP contribution in [0.2, 0.25) is 0 Å². The molecule has 1 atom stereocenters. The van der Waals surface area contributed by atoms with Gasteiger partial charge in [0.1, 0.15) is 0 Å². The number of benzene rings is 2.